The Labute approximate surface area is 185 Å². The number of rotatable bonds is 6. The molecule has 0 saturated heterocycles. The molecule has 0 fully saturated rings. The summed E-state index contributed by atoms with van der Waals surface area (Å²) in [6.07, 6.45) is 3.41. The Hall–Kier alpha value is -3.74. The molecule has 4 aromatic rings. The van der Waals surface area contributed by atoms with E-state index in [1.165, 1.54) is 10.5 Å². The van der Waals surface area contributed by atoms with Crippen LogP contribution < -0.4 is 16.4 Å². The Bertz CT molecular complexity index is 1430. The second kappa shape index (κ2) is 8.78. The summed E-state index contributed by atoms with van der Waals surface area (Å²) in [5, 5.41) is 12.0. The molecule has 1 amide bonds. The van der Waals surface area contributed by atoms with Crippen molar-refractivity contribution in [3.63, 3.8) is 0 Å². The first-order chi connectivity index (χ1) is 15.4. The second-order valence-electron chi connectivity index (χ2n) is 8.12. The predicted molar refractivity (Wildman–Crippen MR) is 125 cm³/mol. The zero-order chi connectivity index (χ0) is 22.8. The van der Waals surface area contributed by atoms with Gasteiger partial charge in [-0.25, -0.2) is 4.98 Å². The van der Waals surface area contributed by atoms with Gasteiger partial charge in [0.25, 0.3) is 11.5 Å². The van der Waals surface area contributed by atoms with Crippen LogP contribution in [0.4, 0.5) is 0 Å². The SMILES string of the molecule is CCCCn1c(=N)c(C(=O)NCc2ccc(C)cc2)cc2c(=O)n3cccc(C)c3nc21. The fourth-order valence-corrected chi connectivity index (χ4v) is 3.79. The molecule has 164 valence electrons. The molecule has 7 nitrogen and oxygen atoms in total. The number of benzene rings is 1. The van der Waals surface area contributed by atoms with Gasteiger partial charge in [0.05, 0.1) is 10.9 Å². The molecule has 4 rings (SSSR count). The largest absolute Gasteiger partial charge is 0.348 e. The molecule has 3 aromatic heterocycles. The normalized spacial score (nSPS) is 11.2. The quantitative estimate of drug-likeness (QED) is 0.460. The van der Waals surface area contributed by atoms with Crippen LogP contribution in [0, 0.1) is 19.3 Å². The number of carbonyl (C=O) groups is 1. The molecule has 2 N–H and O–H groups in total. The molecule has 0 aliphatic carbocycles. The van der Waals surface area contributed by atoms with Gasteiger partial charge in [0.15, 0.2) is 0 Å². The van der Waals surface area contributed by atoms with Crippen molar-refractivity contribution in [2.24, 2.45) is 0 Å². The minimum Gasteiger partial charge on any atom is -0.348 e. The van der Waals surface area contributed by atoms with Crippen molar-refractivity contribution >= 4 is 22.6 Å². The number of pyridine rings is 2. The summed E-state index contributed by atoms with van der Waals surface area (Å²) >= 11 is 0. The molecule has 0 radical (unpaired) electrons. The Morgan fingerprint density at radius 3 is 2.59 bits per heavy atom. The maximum atomic E-state index is 13.3. The van der Waals surface area contributed by atoms with Crippen molar-refractivity contribution in [3.05, 3.63) is 86.8 Å². The maximum Gasteiger partial charge on any atom is 0.267 e. The van der Waals surface area contributed by atoms with Crippen molar-refractivity contribution in [1.82, 2.24) is 19.3 Å². The molecular weight excluding hydrogens is 402 g/mol. The van der Waals surface area contributed by atoms with Crippen molar-refractivity contribution < 1.29 is 4.79 Å². The Balaban J connectivity index is 1.84. The van der Waals surface area contributed by atoms with Gasteiger partial charge in [0.1, 0.15) is 16.8 Å². The third kappa shape index (κ3) is 3.93. The number of carbonyl (C=O) groups excluding carboxylic acids is 1. The van der Waals surface area contributed by atoms with E-state index in [9.17, 15) is 9.59 Å². The molecular formula is C25H27N5O2. The number of hydrogen-bond acceptors (Lipinski definition) is 4. The molecule has 0 bridgehead atoms. The third-order valence-electron chi connectivity index (χ3n) is 5.69. The average molecular weight is 430 g/mol. The van der Waals surface area contributed by atoms with E-state index in [-0.39, 0.29) is 22.5 Å². The van der Waals surface area contributed by atoms with Gasteiger partial charge in [-0.15, -0.1) is 0 Å². The lowest BCUT2D eigenvalue weighted by Gasteiger charge is -2.15. The molecule has 1 aromatic carbocycles. The van der Waals surface area contributed by atoms with Gasteiger partial charge < -0.3 is 9.88 Å². The van der Waals surface area contributed by atoms with E-state index in [1.54, 1.807) is 16.8 Å². The van der Waals surface area contributed by atoms with Crippen LogP contribution in [0.2, 0.25) is 0 Å². The first-order valence-electron chi connectivity index (χ1n) is 10.8. The third-order valence-corrected chi connectivity index (χ3v) is 5.69. The summed E-state index contributed by atoms with van der Waals surface area (Å²) in [4.78, 5) is 31.0. The molecule has 32 heavy (non-hydrogen) atoms. The van der Waals surface area contributed by atoms with Gasteiger partial charge in [0.2, 0.25) is 0 Å². The first-order valence-corrected chi connectivity index (χ1v) is 10.8. The molecule has 0 atom stereocenters. The maximum absolute atomic E-state index is 13.3. The van der Waals surface area contributed by atoms with Crippen molar-refractivity contribution in [2.75, 3.05) is 0 Å². The topological polar surface area (TPSA) is 92.2 Å². The zero-order valence-corrected chi connectivity index (χ0v) is 18.6. The predicted octanol–water partition coefficient (Wildman–Crippen LogP) is 3.48. The summed E-state index contributed by atoms with van der Waals surface area (Å²) in [7, 11) is 0. The lowest BCUT2D eigenvalue weighted by Crippen LogP contribution is -2.35. The van der Waals surface area contributed by atoms with Crippen molar-refractivity contribution in [1.29, 1.82) is 5.41 Å². The summed E-state index contributed by atoms with van der Waals surface area (Å²) in [6.45, 7) is 6.83. The van der Waals surface area contributed by atoms with Crippen LogP contribution in [0.15, 0.2) is 53.5 Å². The van der Waals surface area contributed by atoms with Gasteiger partial charge in [-0.05, 0) is 43.5 Å². The first kappa shape index (κ1) is 21.5. The highest BCUT2D eigenvalue weighted by Crippen LogP contribution is 2.13. The van der Waals surface area contributed by atoms with Crippen molar-refractivity contribution in [3.8, 4) is 0 Å². The molecule has 0 unspecified atom stereocenters. The van der Waals surface area contributed by atoms with E-state index in [0.29, 0.717) is 29.8 Å². The summed E-state index contributed by atoms with van der Waals surface area (Å²) in [6, 6.07) is 13.1. The fraction of sp³-hybridized carbons (Fsp3) is 0.280. The molecule has 0 saturated carbocycles. The van der Waals surface area contributed by atoms with Crippen LogP contribution >= 0.6 is 0 Å². The van der Waals surface area contributed by atoms with Crippen LogP contribution in [0.25, 0.3) is 16.7 Å². The Morgan fingerprint density at radius 2 is 1.88 bits per heavy atom. The fourth-order valence-electron chi connectivity index (χ4n) is 3.79. The van der Waals surface area contributed by atoms with Crippen LogP contribution in [-0.4, -0.2) is 19.9 Å². The number of amides is 1. The summed E-state index contributed by atoms with van der Waals surface area (Å²) in [5.74, 6) is -0.378. The zero-order valence-electron chi connectivity index (χ0n) is 18.6. The summed E-state index contributed by atoms with van der Waals surface area (Å²) in [5.41, 5.74) is 3.99. The van der Waals surface area contributed by atoms with E-state index in [0.717, 1.165) is 29.5 Å². The smallest absolute Gasteiger partial charge is 0.267 e. The molecule has 0 aliphatic heterocycles. The van der Waals surface area contributed by atoms with Gasteiger partial charge in [-0.2, -0.15) is 0 Å². The standard InChI is InChI=1S/C25H27N5O2/c1-4-5-12-29-21(26)19(24(31)27-15-18-10-8-16(2)9-11-18)14-20-23(29)28-22-17(3)7-6-13-30(22)25(20)32/h6-11,13-14,26H,4-5,12,15H2,1-3H3,(H,27,31). The summed E-state index contributed by atoms with van der Waals surface area (Å²) < 4.78 is 3.19. The van der Waals surface area contributed by atoms with E-state index in [4.69, 9.17) is 10.4 Å². The highest BCUT2D eigenvalue weighted by molar-refractivity contribution is 5.96. The van der Waals surface area contributed by atoms with E-state index in [2.05, 4.69) is 12.2 Å². The number of nitrogens with one attached hydrogen (secondary N) is 2. The number of unbranched alkanes of at least 4 members (excludes halogenated alkanes) is 1. The van der Waals surface area contributed by atoms with E-state index in [1.807, 2.05) is 44.2 Å². The van der Waals surface area contributed by atoms with Gasteiger partial charge in [-0.1, -0.05) is 49.2 Å². The molecule has 0 aliphatic rings. The molecule has 0 spiro atoms. The van der Waals surface area contributed by atoms with Crippen molar-refractivity contribution in [2.45, 2.75) is 46.7 Å². The minimum atomic E-state index is -0.378. The highest BCUT2D eigenvalue weighted by atomic mass is 16.1. The average Bonchev–Trinajstić information content (AvgIpc) is 2.78. The van der Waals surface area contributed by atoms with E-state index < -0.39 is 0 Å². The number of hydrogen-bond donors (Lipinski definition) is 2. The van der Waals surface area contributed by atoms with Crippen LogP contribution in [0.1, 0.15) is 46.8 Å². The Morgan fingerprint density at radius 1 is 1.12 bits per heavy atom. The van der Waals surface area contributed by atoms with E-state index >= 15 is 0 Å². The van der Waals surface area contributed by atoms with Gasteiger partial charge in [-0.3, -0.25) is 19.4 Å². The van der Waals surface area contributed by atoms with Gasteiger partial charge in [0, 0.05) is 19.3 Å². The number of fused-ring (bicyclic) bond motifs is 2. The number of aryl methyl sites for hydroxylation is 3. The van der Waals surface area contributed by atoms with Crippen LogP contribution in [0.5, 0.6) is 0 Å². The number of nitrogens with zero attached hydrogens (tertiary/aromatic N) is 3. The lowest BCUT2D eigenvalue weighted by molar-refractivity contribution is 0.0948. The van der Waals surface area contributed by atoms with Crippen LogP contribution in [0.3, 0.4) is 0 Å². The minimum absolute atomic E-state index is 0.0668. The highest BCUT2D eigenvalue weighted by Gasteiger charge is 2.17. The molecule has 7 heteroatoms. The lowest BCUT2D eigenvalue weighted by atomic mass is 10.1. The van der Waals surface area contributed by atoms with Gasteiger partial charge >= 0.3 is 0 Å². The molecule has 3 heterocycles. The van der Waals surface area contributed by atoms with Crippen LogP contribution in [-0.2, 0) is 13.1 Å². The monoisotopic (exact) mass is 429 g/mol. The Kier molecular flexibility index (Phi) is 5.90. The second-order valence-corrected chi connectivity index (χ2v) is 8.12. The number of aromatic nitrogens is 3.